The summed E-state index contributed by atoms with van der Waals surface area (Å²) < 4.78 is 0. The second kappa shape index (κ2) is 5.88. The van der Waals surface area contributed by atoms with E-state index in [4.69, 9.17) is 0 Å². The smallest absolute Gasteiger partial charge is 0.244 e. The van der Waals surface area contributed by atoms with Gasteiger partial charge in [-0.25, -0.2) is 0 Å². The Morgan fingerprint density at radius 3 is 2.63 bits per heavy atom. The Bertz CT molecular complexity index is 477. The molecule has 1 fully saturated rings. The second-order valence-corrected chi connectivity index (χ2v) is 5.48. The summed E-state index contributed by atoms with van der Waals surface area (Å²) in [6.45, 7) is 5.07. The largest absolute Gasteiger partial charge is 0.339 e. The zero-order chi connectivity index (χ0) is 13.8. The minimum Gasteiger partial charge on any atom is -0.339 e. The van der Waals surface area contributed by atoms with Gasteiger partial charge < -0.3 is 4.90 Å². The predicted molar refractivity (Wildman–Crippen MR) is 74.4 cm³/mol. The van der Waals surface area contributed by atoms with Crippen molar-refractivity contribution in [1.82, 2.24) is 4.90 Å². The summed E-state index contributed by atoms with van der Waals surface area (Å²) in [4.78, 5) is 14.4. The zero-order valence-corrected chi connectivity index (χ0v) is 11.5. The number of piperidine rings is 1. The Morgan fingerprint density at radius 1 is 1.37 bits per heavy atom. The lowest BCUT2D eigenvalue weighted by Crippen LogP contribution is -2.46. The number of amides is 1. The van der Waals surface area contributed by atoms with E-state index in [-0.39, 0.29) is 11.9 Å². The van der Waals surface area contributed by atoms with E-state index in [1.54, 1.807) is 0 Å². The molecule has 1 amide bonds. The van der Waals surface area contributed by atoms with Crippen LogP contribution in [0.3, 0.4) is 0 Å². The van der Waals surface area contributed by atoms with E-state index in [0.29, 0.717) is 5.92 Å². The molecule has 1 aromatic rings. The number of carbonyl (C=O) groups excluding carboxylic acids is 1. The van der Waals surface area contributed by atoms with Crippen molar-refractivity contribution in [2.45, 2.75) is 38.6 Å². The van der Waals surface area contributed by atoms with Gasteiger partial charge >= 0.3 is 0 Å². The van der Waals surface area contributed by atoms with Gasteiger partial charge in [0.2, 0.25) is 5.91 Å². The highest BCUT2D eigenvalue weighted by molar-refractivity contribution is 5.86. The summed E-state index contributed by atoms with van der Waals surface area (Å²) in [6.07, 6.45) is 2.06. The van der Waals surface area contributed by atoms with Gasteiger partial charge in [0.25, 0.3) is 0 Å². The quantitative estimate of drug-likeness (QED) is 0.816. The molecule has 2 rings (SSSR count). The standard InChI is InChI=1S/C16H20N2O/c1-12-8-9-18(13(2)10-12)16(19)15(11-17)14-6-4-3-5-7-14/h3-7,12-13,15H,8-10H2,1-2H3. The van der Waals surface area contributed by atoms with Crippen molar-refractivity contribution in [1.29, 1.82) is 5.26 Å². The first kappa shape index (κ1) is 13.6. The minimum absolute atomic E-state index is 0.0481. The topological polar surface area (TPSA) is 44.1 Å². The number of benzene rings is 1. The highest BCUT2D eigenvalue weighted by Crippen LogP contribution is 2.26. The Labute approximate surface area is 114 Å². The van der Waals surface area contributed by atoms with Crippen LogP contribution >= 0.6 is 0 Å². The average molecular weight is 256 g/mol. The number of nitriles is 1. The molecule has 19 heavy (non-hydrogen) atoms. The zero-order valence-electron chi connectivity index (χ0n) is 11.5. The van der Waals surface area contributed by atoms with Crippen LogP contribution in [0.2, 0.25) is 0 Å². The predicted octanol–water partition coefficient (Wildman–Crippen LogP) is 2.94. The molecule has 100 valence electrons. The molecule has 1 aromatic carbocycles. The molecule has 0 saturated carbocycles. The van der Waals surface area contributed by atoms with Crippen molar-refractivity contribution in [2.24, 2.45) is 5.92 Å². The Balaban J connectivity index is 2.16. The fraction of sp³-hybridized carbons (Fsp3) is 0.500. The van der Waals surface area contributed by atoms with E-state index >= 15 is 0 Å². The number of carbonyl (C=O) groups is 1. The molecule has 3 unspecified atom stereocenters. The molecule has 0 spiro atoms. The summed E-state index contributed by atoms with van der Waals surface area (Å²) in [5.74, 6) is -0.0542. The number of hydrogen-bond donors (Lipinski definition) is 0. The van der Waals surface area contributed by atoms with Crippen molar-refractivity contribution in [2.75, 3.05) is 6.54 Å². The van der Waals surface area contributed by atoms with Gasteiger partial charge in [-0.1, -0.05) is 37.3 Å². The Hall–Kier alpha value is -1.82. The molecule has 1 heterocycles. The number of hydrogen-bond acceptors (Lipinski definition) is 2. The molecular weight excluding hydrogens is 236 g/mol. The molecule has 3 atom stereocenters. The normalized spacial score (nSPS) is 24.6. The number of likely N-dealkylation sites (tertiary alicyclic amines) is 1. The van der Waals surface area contributed by atoms with Crippen molar-refractivity contribution in [3.8, 4) is 6.07 Å². The molecule has 1 aliphatic heterocycles. The van der Waals surface area contributed by atoms with Crippen LogP contribution in [0.25, 0.3) is 0 Å². The maximum Gasteiger partial charge on any atom is 0.244 e. The third kappa shape index (κ3) is 2.96. The molecule has 0 aromatic heterocycles. The Morgan fingerprint density at radius 2 is 2.05 bits per heavy atom. The van der Waals surface area contributed by atoms with E-state index in [9.17, 15) is 10.1 Å². The summed E-state index contributed by atoms with van der Waals surface area (Å²) in [5, 5.41) is 9.32. The van der Waals surface area contributed by atoms with Gasteiger partial charge in [0, 0.05) is 12.6 Å². The van der Waals surface area contributed by atoms with Crippen LogP contribution in [0.4, 0.5) is 0 Å². The van der Waals surface area contributed by atoms with Crippen LogP contribution in [0.15, 0.2) is 30.3 Å². The van der Waals surface area contributed by atoms with Gasteiger partial charge in [-0.15, -0.1) is 0 Å². The maximum absolute atomic E-state index is 12.6. The molecule has 3 nitrogen and oxygen atoms in total. The first-order valence-electron chi connectivity index (χ1n) is 6.88. The van der Waals surface area contributed by atoms with Gasteiger partial charge in [0.05, 0.1) is 6.07 Å². The highest BCUT2D eigenvalue weighted by atomic mass is 16.2. The van der Waals surface area contributed by atoms with Gasteiger partial charge in [0.1, 0.15) is 5.92 Å². The average Bonchev–Trinajstić information content (AvgIpc) is 2.40. The van der Waals surface area contributed by atoms with Gasteiger partial charge in [0.15, 0.2) is 0 Å². The molecule has 0 radical (unpaired) electrons. The molecule has 0 N–H and O–H groups in total. The van der Waals surface area contributed by atoms with Crippen molar-refractivity contribution in [3.05, 3.63) is 35.9 Å². The lowest BCUT2D eigenvalue weighted by Gasteiger charge is -2.37. The van der Waals surface area contributed by atoms with E-state index in [0.717, 1.165) is 24.9 Å². The van der Waals surface area contributed by atoms with E-state index in [1.807, 2.05) is 35.2 Å². The third-order valence-electron chi connectivity index (χ3n) is 3.93. The molecule has 0 bridgehead atoms. The molecular formula is C16H20N2O. The van der Waals surface area contributed by atoms with Gasteiger partial charge in [-0.2, -0.15) is 5.26 Å². The number of nitrogens with zero attached hydrogens (tertiary/aromatic N) is 2. The van der Waals surface area contributed by atoms with E-state index in [2.05, 4.69) is 19.9 Å². The van der Waals surface area contributed by atoms with Crippen LogP contribution < -0.4 is 0 Å². The van der Waals surface area contributed by atoms with Gasteiger partial charge in [-0.05, 0) is 31.2 Å². The van der Waals surface area contributed by atoms with Gasteiger partial charge in [-0.3, -0.25) is 4.79 Å². The fourth-order valence-electron chi connectivity index (χ4n) is 2.82. The third-order valence-corrected chi connectivity index (χ3v) is 3.93. The van der Waals surface area contributed by atoms with Crippen LogP contribution in [0.5, 0.6) is 0 Å². The Kier molecular flexibility index (Phi) is 4.21. The van der Waals surface area contributed by atoms with Crippen LogP contribution in [-0.2, 0) is 4.79 Å². The molecule has 1 saturated heterocycles. The monoisotopic (exact) mass is 256 g/mol. The second-order valence-electron chi connectivity index (χ2n) is 5.48. The van der Waals surface area contributed by atoms with Crippen LogP contribution in [0, 0.1) is 17.2 Å². The highest BCUT2D eigenvalue weighted by Gasteiger charge is 2.32. The van der Waals surface area contributed by atoms with E-state index in [1.165, 1.54) is 0 Å². The van der Waals surface area contributed by atoms with Crippen molar-refractivity contribution in [3.63, 3.8) is 0 Å². The summed E-state index contributed by atoms with van der Waals surface area (Å²) in [5.41, 5.74) is 0.792. The van der Waals surface area contributed by atoms with Crippen LogP contribution in [0.1, 0.15) is 38.2 Å². The minimum atomic E-state index is -0.669. The summed E-state index contributed by atoms with van der Waals surface area (Å²) in [6, 6.07) is 11.7. The fourth-order valence-corrected chi connectivity index (χ4v) is 2.82. The van der Waals surface area contributed by atoms with E-state index < -0.39 is 5.92 Å². The first-order valence-corrected chi connectivity index (χ1v) is 6.88. The van der Waals surface area contributed by atoms with Crippen LogP contribution in [-0.4, -0.2) is 23.4 Å². The molecule has 3 heteroatoms. The van der Waals surface area contributed by atoms with Crippen molar-refractivity contribution < 1.29 is 4.79 Å². The lowest BCUT2D eigenvalue weighted by molar-refractivity contribution is -0.135. The SMILES string of the molecule is CC1CCN(C(=O)C(C#N)c2ccccc2)C(C)C1. The van der Waals surface area contributed by atoms with Crippen molar-refractivity contribution >= 4 is 5.91 Å². The summed E-state index contributed by atoms with van der Waals surface area (Å²) >= 11 is 0. The number of rotatable bonds is 2. The summed E-state index contributed by atoms with van der Waals surface area (Å²) in [7, 11) is 0. The first-order chi connectivity index (χ1) is 9.13. The molecule has 1 aliphatic rings. The molecule has 0 aliphatic carbocycles. The lowest BCUT2D eigenvalue weighted by atomic mass is 9.91. The maximum atomic E-state index is 12.6.